The van der Waals surface area contributed by atoms with E-state index in [0.717, 1.165) is 25.1 Å². The second-order valence-electron chi connectivity index (χ2n) is 11.3. The molecular formula is C31H40N8O4. The van der Waals surface area contributed by atoms with Gasteiger partial charge < -0.3 is 36.2 Å². The van der Waals surface area contributed by atoms with Crippen molar-refractivity contribution in [2.75, 3.05) is 53.6 Å². The van der Waals surface area contributed by atoms with E-state index in [-0.39, 0.29) is 12.0 Å². The molecule has 2 aromatic carbocycles. The number of nitrogens with two attached hydrogens (primary N) is 1. The zero-order chi connectivity index (χ0) is 31.0. The number of nitrogens with one attached hydrogen (secondary N) is 3. The summed E-state index contributed by atoms with van der Waals surface area (Å²) in [7, 11) is 0. The van der Waals surface area contributed by atoms with E-state index in [0.29, 0.717) is 60.4 Å². The zero-order valence-electron chi connectivity index (χ0n) is 25.1. The Kier molecular flexibility index (Phi) is 10.0. The van der Waals surface area contributed by atoms with Crippen molar-refractivity contribution in [3.63, 3.8) is 0 Å². The number of rotatable bonds is 9. The quantitative estimate of drug-likeness (QED) is 0.275. The van der Waals surface area contributed by atoms with Gasteiger partial charge >= 0.3 is 6.09 Å². The van der Waals surface area contributed by atoms with E-state index in [9.17, 15) is 14.4 Å². The molecule has 5 N–H and O–H groups in total. The fourth-order valence-corrected chi connectivity index (χ4v) is 4.50. The van der Waals surface area contributed by atoms with Gasteiger partial charge in [-0.05, 0) is 76.1 Å². The van der Waals surface area contributed by atoms with Crippen molar-refractivity contribution in [2.24, 2.45) is 5.73 Å². The van der Waals surface area contributed by atoms with Crippen molar-refractivity contribution in [3.05, 3.63) is 65.9 Å². The molecule has 0 unspecified atom stereocenters. The van der Waals surface area contributed by atoms with Gasteiger partial charge in [-0.25, -0.2) is 9.78 Å². The first kappa shape index (κ1) is 31.1. The van der Waals surface area contributed by atoms with Crippen LogP contribution in [0.1, 0.15) is 61.3 Å². The SMILES string of the molecule is CCCNc1nc(Nc2ccc(C(N)=O)cc2)ncc1C(=O)Nc1cccc(N2CCCN(C(=O)OC(C)(C)C)CC2)c1. The van der Waals surface area contributed by atoms with Gasteiger partial charge in [-0.3, -0.25) is 9.59 Å². The molecular weight excluding hydrogens is 548 g/mol. The minimum Gasteiger partial charge on any atom is -0.444 e. The number of hydrogen-bond acceptors (Lipinski definition) is 9. The minimum absolute atomic E-state index is 0.297. The number of primary amides is 1. The third-order valence-corrected chi connectivity index (χ3v) is 6.62. The third-order valence-electron chi connectivity index (χ3n) is 6.62. The molecule has 1 saturated heterocycles. The summed E-state index contributed by atoms with van der Waals surface area (Å²) in [5.74, 6) is -0.159. The van der Waals surface area contributed by atoms with Crippen LogP contribution in [0.5, 0.6) is 0 Å². The van der Waals surface area contributed by atoms with Crippen LogP contribution in [0.2, 0.25) is 0 Å². The standard InChI is InChI=1S/C31H40N8O4/c1-5-14-33-27-25(20-34-29(37-27)36-22-12-10-21(11-13-22)26(32)40)28(41)35-23-8-6-9-24(19-23)38-15-7-16-39(18-17-38)30(42)43-31(2,3)4/h6,8-13,19-20H,5,7,14-18H2,1-4H3,(H2,32,40)(H,35,41)(H2,33,34,36,37). The van der Waals surface area contributed by atoms with Gasteiger partial charge in [-0.2, -0.15) is 4.98 Å². The molecule has 228 valence electrons. The van der Waals surface area contributed by atoms with Gasteiger partial charge in [-0.15, -0.1) is 0 Å². The van der Waals surface area contributed by atoms with E-state index in [2.05, 4.69) is 30.8 Å². The molecule has 12 heteroatoms. The number of nitrogens with zero attached hydrogens (tertiary/aromatic N) is 4. The van der Waals surface area contributed by atoms with Crippen LogP contribution in [0.3, 0.4) is 0 Å². The van der Waals surface area contributed by atoms with E-state index in [1.54, 1.807) is 29.2 Å². The molecule has 0 saturated carbocycles. The van der Waals surface area contributed by atoms with Crippen molar-refractivity contribution in [1.29, 1.82) is 0 Å². The predicted octanol–water partition coefficient (Wildman–Crippen LogP) is 4.84. The van der Waals surface area contributed by atoms with Crippen LogP contribution in [0.15, 0.2) is 54.7 Å². The lowest BCUT2D eigenvalue weighted by Crippen LogP contribution is -2.39. The minimum atomic E-state index is -0.539. The van der Waals surface area contributed by atoms with Crippen LogP contribution in [0.25, 0.3) is 0 Å². The molecule has 0 aliphatic carbocycles. The Morgan fingerprint density at radius 2 is 1.77 bits per heavy atom. The maximum atomic E-state index is 13.4. The molecule has 43 heavy (non-hydrogen) atoms. The smallest absolute Gasteiger partial charge is 0.410 e. The molecule has 1 aromatic heterocycles. The summed E-state index contributed by atoms with van der Waals surface area (Å²) in [6, 6.07) is 14.3. The molecule has 4 rings (SSSR count). The van der Waals surface area contributed by atoms with Gasteiger partial charge in [0.2, 0.25) is 11.9 Å². The summed E-state index contributed by atoms with van der Waals surface area (Å²) in [6.45, 7) is 10.8. The molecule has 1 aliphatic rings. The monoisotopic (exact) mass is 588 g/mol. The first-order valence-electron chi connectivity index (χ1n) is 14.4. The average molecular weight is 589 g/mol. The highest BCUT2D eigenvalue weighted by Gasteiger charge is 2.25. The maximum Gasteiger partial charge on any atom is 0.410 e. The lowest BCUT2D eigenvalue weighted by Gasteiger charge is -2.27. The topological polar surface area (TPSA) is 155 Å². The van der Waals surface area contributed by atoms with Gasteiger partial charge in [0.15, 0.2) is 0 Å². The normalized spacial score (nSPS) is 13.6. The second kappa shape index (κ2) is 13.9. The third kappa shape index (κ3) is 8.81. The van der Waals surface area contributed by atoms with Crippen molar-refractivity contribution < 1.29 is 19.1 Å². The van der Waals surface area contributed by atoms with Crippen molar-refractivity contribution in [2.45, 2.75) is 46.1 Å². The highest BCUT2D eigenvalue weighted by Crippen LogP contribution is 2.24. The molecule has 3 aromatic rings. The summed E-state index contributed by atoms with van der Waals surface area (Å²) >= 11 is 0. The maximum absolute atomic E-state index is 13.4. The first-order valence-corrected chi connectivity index (χ1v) is 14.4. The number of carbonyl (C=O) groups is 3. The number of amides is 3. The Morgan fingerprint density at radius 1 is 1.00 bits per heavy atom. The van der Waals surface area contributed by atoms with E-state index < -0.39 is 11.5 Å². The zero-order valence-corrected chi connectivity index (χ0v) is 25.1. The van der Waals surface area contributed by atoms with E-state index in [4.69, 9.17) is 10.5 Å². The van der Waals surface area contributed by atoms with Gasteiger partial charge in [0, 0.05) is 61.5 Å². The van der Waals surface area contributed by atoms with Gasteiger partial charge in [0.05, 0.1) is 0 Å². The highest BCUT2D eigenvalue weighted by molar-refractivity contribution is 6.07. The Bertz CT molecular complexity index is 1440. The second-order valence-corrected chi connectivity index (χ2v) is 11.3. The summed E-state index contributed by atoms with van der Waals surface area (Å²) in [6.07, 6.45) is 2.82. The first-order chi connectivity index (χ1) is 20.5. The van der Waals surface area contributed by atoms with Crippen LogP contribution in [0.4, 0.5) is 33.6 Å². The van der Waals surface area contributed by atoms with Gasteiger partial charge in [0.25, 0.3) is 5.91 Å². The summed E-state index contributed by atoms with van der Waals surface area (Å²) in [4.78, 5) is 50.1. The van der Waals surface area contributed by atoms with Gasteiger partial charge in [-0.1, -0.05) is 13.0 Å². The Balaban J connectivity index is 1.44. The molecule has 2 heterocycles. The molecule has 12 nitrogen and oxygen atoms in total. The molecule has 1 fully saturated rings. The summed E-state index contributed by atoms with van der Waals surface area (Å²) < 4.78 is 5.55. The predicted molar refractivity (Wildman–Crippen MR) is 168 cm³/mol. The molecule has 1 aliphatic heterocycles. The van der Waals surface area contributed by atoms with Crippen molar-refractivity contribution in [1.82, 2.24) is 14.9 Å². The van der Waals surface area contributed by atoms with Crippen molar-refractivity contribution >= 4 is 46.7 Å². The fraction of sp³-hybridized carbons (Fsp3) is 0.387. The number of aromatic nitrogens is 2. The van der Waals surface area contributed by atoms with Gasteiger partial charge in [0.1, 0.15) is 17.0 Å². The molecule has 0 spiro atoms. The van der Waals surface area contributed by atoms with Crippen molar-refractivity contribution in [3.8, 4) is 0 Å². The lowest BCUT2D eigenvalue weighted by molar-refractivity contribution is 0.0263. The van der Waals surface area contributed by atoms with E-state index in [1.165, 1.54) is 6.20 Å². The number of carbonyl (C=O) groups excluding carboxylic acids is 3. The lowest BCUT2D eigenvalue weighted by atomic mass is 10.2. The van der Waals surface area contributed by atoms with E-state index in [1.807, 2.05) is 52.0 Å². The molecule has 0 atom stereocenters. The number of hydrogen-bond donors (Lipinski definition) is 4. The van der Waals surface area contributed by atoms with E-state index >= 15 is 0 Å². The van der Waals surface area contributed by atoms with Crippen LogP contribution in [-0.4, -0.2) is 71.1 Å². The number of benzene rings is 2. The van der Waals surface area contributed by atoms with Crippen LogP contribution in [0, 0.1) is 0 Å². The molecule has 0 radical (unpaired) electrons. The Hall–Kier alpha value is -4.87. The number of anilines is 5. The highest BCUT2D eigenvalue weighted by atomic mass is 16.6. The average Bonchev–Trinajstić information content (AvgIpc) is 3.22. The Labute approximate surface area is 252 Å². The fourth-order valence-electron chi connectivity index (χ4n) is 4.50. The Morgan fingerprint density at radius 3 is 2.47 bits per heavy atom. The summed E-state index contributed by atoms with van der Waals surface area (Å²) in [5, 5.41) is 9.28. The molecule has 0 bridgehead atoms. The number of ether oxygens (including phenoxy) is 1. The van der Waals surface area contributed by atoms with Crippen LogP contribution < -0.4 is 26.6 Å². The van der Waals surface area contributed by atoms with Crippen LogP contribution >= 0.6 is 0 Å². The largest absolute Gasteiger partial charge is 0.444 e. The van der Waals surface area contributed by atoms with Crippen LogP contribution in [-0.2, 0) is 4.74 Å². The summed E-state index contributed by atoms with van der Waals surface area (Å²) in [5.41, 5.74) is 7.73. The molecule has 3 amide bonds.